The largest absolute Gasteiger partial charge is 0.462 e. The molecule has 6 nitrogen and oxygen atoms in total. The molecule has 0 aromatic heterocycles. The SMILES string of the molecule is CCCCCCCCCCCC(=O)O[C@@H](CO)COC(=O)CCC/C=C\C/C=C\C/C=C\C/C=C\CC(O)CCC. The third-order valence-corrected chi connectivity index (χ3v) is 6.68. The summed E-state index contributed by atoms with van der Waals surface area (Å²) in [5, 5.41) is 19.1. The van der Waals surface area contributed by atoms with Crippen molar-refractivity contribution in [2.45, 2.75) is 148 Å². The number of hydrogen-bond acceptors (Lipinski definition) is 6. The van der Waals surface area contributed by atoms with Crippen molar-refractivity contribution < 1.29 is 29.3 Å². The lowest BCUT2D eigenvalue weighted by Gasteiger charge is -2.15. The minimum absolute atomic E-state index is 0.105. The van der Waals surface area contributed by atoms with E-state index in [1.807, 2.05) is 6.08 Å². The highest BCUT2D eigenvalue weighted by molar-refractivity contribution is 5.70. The molecule has 0 aliphatic carbocycles. The molecule has 2 atom stereocenters. The monoisotopic (exact) mass is 576 g/mol. The Morgan fingerprint density at radius 2 is 1.20 bits per heavy atom. The molecule has 0 amide bonds. The molecular weight excluding hydrogens is 516 g/mol. The number of aliphatic hydroxyl groups is 2. The predicted molar refractivity (Wildman–Crippen MR) is 170 cm³/mol. The van der Waals surface area contributed by atoms with Crippen LogP contribution in [-0.2, 0) is 19.1 Å². The fourth-order valence-corrected chi connectivity index (χ4v) is 4.21. The van der Waals surface area contributed by atoms with Crippen LogP contribution in [0.2, 0.25) is 0 Å². The van der Waals surface area contributed by atoms with Gasteiger partial charge in [0.1, 0.15) is 6.61 Å². The molecule has 0 aliphatic heterocycles. The van der Waals surface area contributed by atoms with Crippen molar-refractivity contribution in [1.82, 2.24) is 0 Å². The van der Waals surface area contributed by atoms with E-state index < -0.39 is 6.10 Å². The number of hydrogen-bond donors (Lipinski definition) is 2. The minimum atomic E-state index is -0.799. The average Bonchev–Trinajstić information content (AvgIpc) is 2.96. The summed E-state index contributed by atoms with van der Waals surface area (Å²) in [5.41, 5.74) is 0. The summed E-state index contributed by atoms with van der Waals surface area (Å²) in [6.07, 6.45) is 33.8. The van der Waals surface area contributed by atoms with Crippen molar-refractivity contribution in [2.75, 3.05) is 13.2 Å². The molecule has 0 aromatic rings. The van der Waals surface area contributed by atoms with Crippen LogP contribution >= 0.6 is 0 Å². The van der Waals surface area contributed by atoms with E-state index >= 15 is 0 Å². The van der Waals surface area contributed by atoms with Crippen molar-refractivity contribution in [3.8, 4) is 0 Å². The molecular formula is C35H60O6. The molecule has 41 heavy (non-hydrogen) atoms. The highest BCUT2D eigenvalue weighted by Crippen LogP contribution is 2.11. The lowest BCUT2D eigenvalue weighted by atomic mass is 10.1. The maximum absolute atomic E-state index is 12.0. The van der Waals surface area contributed by atoms with E-state index in [4.69, 9.17) is 9.47 Å². The molecule has 0 saturated carbocycles. The van der Waals surface area contributed by atoms with E-state index in [0.29, 0.717) is 19.3 Å². The zero-order chi connectivity index (χ0) is 30.2. The van der Waals surface area contributed by atoms with Crippen molar-refractivity contribution in [3.05, 3.63) is 48.6 Å². The second-order valence-electron chi connectivity index (χ2n) is 10.7. The highest BCUT2D eigenvalue weighted by Gasteiger charge is 2.16. The van der Waals surface area contributed by atoms with E-state index in [9.17, 15) is 19.8 Å². The maximum Gasteiger partial charge on any atom is 0.306 e. The van der Waals surface area contributed by atoms with Crippen LogP contribution in [0.15, 0.2) is 48.6 Å². The average molecular weight is 577 g/mol. The Hall–Kier alpha value is -2.18. The third-order valence-electron chi connectivity index (χ3n) is 6.68. The van der Waals surface area contributed by atoms with Gasteiger partial charge in [-0.15, -0.1) is 0 Å². The molecule has 0 aromatic carbocycles. The van der Waals surface area contributed by atoms with Gasteiger partial charge in [0.15, 0.2) is 6.10 Å². The zero-order valence-electron chi connectivity index (χ0n) is 26.2. The summed E-state index contributed by atoms with van der Waals surface area (Å²) < 4.78 is 10.5. The van der Waals surface area contributed by atoms with Gasteiger partial charge in [0, 0.05) is 12.8 Å². The highest BCUT2D eigenvalue weighted by atomic mass is 16.6. The van der Waals surface area contributed by atoms with Crippen LogP contribution in [0.1, 0.15) is 136 Å². The van der Waals surface area contributed by atoms with Gasteiger partial charge in [-0.1, -0.05) is 120 Å². The molecule has 6 heteroatoms. The molecule has 0 aliphatic rings. The summed E-state index contributed by atoms with van der Waals surface area (Å²) >= 11 is 0. The number of ether oxygens (including phenoxy) is 2. The van der Waals surface area contributed by atoms with Crippen LogP contribution < -0.4 is 0 Å². The lowest BCUT2D eigenvalue weighted by Crippen LogP contribution is -2.28. The molecule has 236 valence electrons. The van der Waals surface area contributed by atoms with E-state index in [-0.39, 0.29) is 31.3 Å². The number of rotatable bonds is 28. The molecule has 0 spiro atoms. The molecule has 0 saturated heterocycles. The molecule has 0 bridgehead atoms. The van der Waals surface area contributed by atoms with E-state index in [1.54, 1.807) is 0 Å². The number of aliphatic hydroxyl groups excluding tert-OH is 2. The van der Waals surface area contributed by atoms with Crippen LogP contribution in [0.5, 0.6) is 0 Å². The molecule has 0 fully saturated rings. The Morgan fingerprint density at radius 3 is 1.78 bits per heavy atom. The number of unbranched alkanes of at least 4 members (excludes halogenated alkanes) is 9. The van der Waals surface area contributed by atoms with Gasteiger partial charge >= 0.3 is 11.9 Å². The van der Waals surface area contributed by atoms with Gasteiger partial charge in [0.2, 0.25) is 0 Å². The molecule has 1 unspecified atom stereocenters. The number of carbonyl (C=O) groups is 2. The normalized spacial score (nSPS) is 13.6. The minimum Gasteiger partial charge on any atom is -0.462 e. The summed E-state index contributed by atoms with van der Waals surface area (Å²) in [6.45, 7) is 3.84. The van der Waals surface area contributed by atoms with Crippen molar-refractivity contribution in [2.24, 2.45) is 0 Å². The molecule has 2 N–H and O–H groups in total. The van der Waals surface area contributed by atoms with Gasteiger partial charge in [-0.05, 0) is 51.4 Å². The predicted octanol–water partition coefficient (Wildman–Crippen LogP) is 8.47. The summed E-state index contributed by atoms with van der Waals surface area (Å²) in [6, 6.07) is 0. The van der Waals surface area contributed by atoms with Crippen LogP contribution in [0.3, 0.4) is 0 Å². The van der Waals surface area contributed by atoms with Gasteiger partial charge < -0.3 is 19.7 Å². The van der Waals surface area contributed by atoms with Gasteiger partial charge in [0.25, 0.3) is 0 Å². The van der Waals surface area contributed by atoms with E-state index in [2.05, 4.69) is 56.4 Å². The van der Waals surface area contributed by atoms with Crippen LogP contribution in [0.25, 0.3) is 0 Å². The number of allylic oxidation sites excluding steroid dienone is 7. The number of carbonyl (C=O) groups excluding carboxylic acids is 2. The quantitative estimate of drug-likeness (QED) is 0.0551. The third kappa shape index (κ3) is 29.1. The second-order valence-corrected chi connectivity index (χ2v) is 10.7. The summed E-state index contributed by atoms with van der Waals surface area (Å²) in [4.78, 5) is 24.0. The van der Waals surface area contributed by atoms with Crippen LogP contribution in [-0.4, -0.2) is 47.6 Å². The Labute approximate surface area is 251 Å². The fourth-order valence-electron chi connectivity index (χ4n) is 4.21. The van der Waals surface area contributed by atoms with Gasteiger partial charge in [-0.25, -0.2) is 0 Å². The standard InChI is InChI=1S/C35H60O6/c1-3-5-6-7-8-14-19-22-25-29-35(39)41-33(30-36)31-40-34(38)28-24-21-18-16-13-11-9-10-12-15-17-20-23-27-32(37)26-4-2/h9,11-12,15-16,18,20,23,32-33,36-37H,3-8,10,13-14,17,19,21-22,24-31H2,1-2H3/b11-9-,15-12-,18-16-,23-20-/t32?,33-/m0/s1. The van der Waals surface area contributed by atoms with Crippen LogP contribution in [0.4, 0.5) is 0 Å². The van der Waals surface area contributed by atoms with Crippen molar-refractivity contribution in [1.29, 1.82) is 0 Å². The smallest absolute Gasteiger partial charge is 0.306 e. The zero-order valence-corrected chi connectivity index (χ0v) is 26.2. The Balaban J connectivity index is 3.75. The van der Waals surface area contributed by atoms with E-state index in [0.717, 1.165) is 64.2 Å². The first-order valence-electron chi connectivity index (χ1n) is 16.3. The summed E-state index contributed by atoms with van der Waals surface area (Å²) in [5.74, 6) is -0.685. The second kappa shape index (κ2) is 30.8. The molecule has 0 heterocycles. The molecule has 0 rings (SSSR count). The fraction of sp³-hybridized carbons (Fsp3) is 0.714. The lowest BCUT2D eigenvalue weighted by molar-refractivity contribution is -0.161. The van der Waals surface area contributed by atoms with Gasteiger partial charge in [-0.3, -0.25) is 9.59 Å². The van der Waals surface area contributed by atoms with Crippen LogP contribution in [0, 0.1) is 0 Å². The summed E-state index contributed by atoms with van der Waals surface area (Å²) in [7, 11) is 0. The van der Waals surface area contributed by atoms with Crippen molar-refractivity contribution in [3.63, 3.8) is 0 Å². The molecule has 0 radical (unpaired) electrons. The first kappa shape index (κ1) is 38.8. The number of esters is 2. The maximum atomic E-state index is 12.0. The Morgan fingerprint density at radius 1 is 0.659 bits per heavy atom. The topological polar surface area (TPSA) is 93.1 Å². The van der Waals surface area contributed by atoms with Crippen molar-refractivity contribution >= 4 is 11.9 Å². The van der Waals surface area contributed by atoms with Gasteiger partial charge in [-0.2, -0.15) is 0 Å². The first-order chi connectivity index (χ1) is 20.0. The Kier molecular flexibility index (Phi) is 29.1. The van der Waals surface area contributed by atoms with E-state index in [1.165, 1.54) is 38.5 Å². The van der Waals surface area contributed by atoms with Gasteiger partial charge in [0.05, 0.1) is 12.7 Å². The Bertz CT molecular complexity index is 724. The first-order valence-corrected chi connectivity index (χ1v) is 16.3.